The number of carbonyl (C=O) groups excluding carboxylic acids is 1. The molecule has 0 radical (unpaired) electrons. The highest BCUT2D eigenvalue weighted by Gasteiger charge is 2.27. The second-order valence-electron chi connectivity index (χ2n) is 8.09. The van der Waals surface area contributed by atoms with Crippen molar-refractivity contribution in [3.8, 4) is 21.7 Å². The second-order valence-corrected chi connectivity index (χ2v) is 11.2. The summed E-state index contributed by atoms with van der Waals surface area (Å²) in [6.45, 7) is 5.03. The molecular weight excluding hydrogens is 482 g/mol. The highest BCUT2D eigenvalue weighted by Crippen LogP contribution is 2.38. The van der Waals surface area contributed by atoms with Gasteiger partial charge in [0.25, 0.3) is 0 Å². The zero-order valence-corrected chi connectivity index (χ0v) is 20.6. The third-order valence-corrected chi connectivity index (χ3v) is 7.59. The summed E-state index contributed by atoms with van der Waals surface area (Å²) in [7, 11) is -3.79. The lowest BCUT2D eigenvalue weighted by atomic mass is 10.1. The second kappa shape index (κ2) is 9.52. The van der Waals surface area contributed by atoms with Gasteiger partial charge in [-0.25, -0.2) is 18.5 Å². The van der Waals surface area contributed by atoms with Gasteiger partial charge < -0.3 is 9.64 Å². The number of morpholine rings is 1. The van der Waals surface area contributed by atoms with E-state index in [0.29, 0.717) is 28.8 Å². The minimum Gasteiger partial charge on any atom is -0.372 e. The first-order valence-electron chi connectivity index (χ1n) is 10.4. The molecule has 1 aliphatic heterocycles. The van der Waals surface area contributed by atoms with Crippen LogP contribution in [0.2, 0.25) is 5.02 Å². The van der Waals surface area contributed by atoms with E-state index in [4.69, 9.17) is 26.5 Å². The molecular formula is C23H24ClN3O4S2. The molecule has 1 fully saturated rings. The Bertz CT molecular complexity index is 1250. The molecule has 2 N–H and O–H groups in total. The molecule has 2 atom stereocenters. The van der Waals surface area contributed by atoms with E-state index < -0.39 is 10.0 Å². The Balaban J connectivity index is 1.68. The van der Waals surface area contributed by atoms with Crippen molar-refractivity contribution in [1.29, 1.82) is 0 Å². The van der Waals surface area contributed by atoms with Crippen LogP contribution in [0.4, 0.5) is 0 Å². The molecule has 7 nitrogen and oxygen atoms in total. The lowest BCUT2D eigenvalue weighted by molar-refractivity contribution is -0.142. The summed E-state index contributed by atoms with van der Waals surface area (Å²) in [5.74, 6) is 0.00419. The van der Waals surface area contributed by atoms with Gasteiger partial charge in [-0.15, -0.1) is 11.3 Å². The van der Waals surface area contributed by atoms with E-state index in [1.807, 2.05) is 30.9 Å². The molecule has 4 rings (SSSR count). The molecule has 3 aromatic rings. The fraction of sp³-hybridized carbons (Fsp3) is 0.304. The highest BCUT2D eigenvalue weighted by atomic mass is 35.5. The van der Waals surface area contributed by atoms with E-state index in [2.05, 4.69) is 0 Å². The maximum atomic E-state index is 13.0. The Morgan fingerprint density at radius 1 is 1.09 bits per heavy atom. The minimum absolute atomic E-state index is 0.00419. The van der Waals surface area contributed by atoms with Crippen LogP contribution in [0, 0.1) is 0 Å². The van der Waals surface area contributed by atoms with Crippen LogP contribution in [-0.2, 0) is 26.0 Å². The van der Waals surface area contributed by atoms with Crippen LogP contribution in [-0.4, -0.2) is 49.5 Å². The van der Waals surface area contributed by atoms with Gasteiger partial charge in [0.05, 0.1) is 34.1 Å². The maximum absolute atomic E-state index is 13.0. The zero-order valence-electron chi connectivity index (χ0n) is 18.2. The van der Waals surface area contributed by atoms with Crippen LogP contribution in [0.15, 0.2) is 53.4 Å². The van der Waals surface area contributed by atoms with Crippen LogP contribution < -0.4 is 5.14 Å². The van der Waals surface area contributed by atoms with Crippen molar-refractivity contribution < 1.29 is 17.9 Å². The van der Waals surface area contributed by atoms with Gasteiger partial charge in [-0.3, -0.25) is 4.79 Å². The van der Waals surface area contributed by atoms with Crippen molar-refractivity contribution in [2.45, 2.75) is 37.4 Å². The van der Waals surface area contributed by atoms with E-state index in [0.717, 1.165) is 16.0 Å². The predicted molar refractivity (Wildman–Crippen MR) is 130 cm³/mol. The average Bonchev–Trinajstić information content (AvgIpc) is 3.16. The quantitative estimate of drug-likeness (QED) is 0.565. The number of nitrogens with zero attached hydrogens (tertiary/aromatic N) is 2. The number of carbonyl (C=O) groups is 1. The molecule has 1 saturated heterocycles. The first kappa shape index (κ1) is 23.8. The van der Waals surface area contributed by atoms with Crippen LogP contribution in [0.3, 0.4) is 0 Å². The number of thiazole rings is 1. The van der Waals surface area contributed by atoms with Gasteiger partial charge in [0, 0.05) is 23.7 Å². The summed E-state index contributed by atoms with van der Waals surface area (Å²) in [5, 5.41) is 6.52. The summed E-state index contributed by atoms with van der Waals surface area (Å²) < 4.78 is 29.0. The van der Waals surface area contributed by atoms with Crippen molar-refractivity contribution in [2.75, 3.05) is 13.1 Å². The number of amides is 1. The molecule has 1 aliphatic rings. The number of hydrogen-bond donors (Lipinski definition) is 1. The summed E-state index contributed by atoms with van der Waals surface area (Å²) in [5.41, 5.74) is 2.36. The SMILES string of the molecule is CC1CN(C(=O)Cc2nc(-c3ccc(Cl)cc3)c(-c3ccc(S(N)(=O)=O)cc3)s2)CC(C)O1. The fourth-order valence-electron chi connectivity index (χ4n) is 3.86. The van der Waals surface area contributed by atoms with Crippen molar-refractivity contribution in [3.05, 3.63) is 58.6 Å². The van der Waals surface area contributed by atoms with E-state index in [9.17, 15) is 13.2 Å². The Morgan fingerprint density at radius 2 is 1.67 bits per heavy atom. The number of sulfonamides is 1. The molecule has 0 spiro atoms. The molecule has 2 unspecified atom stereocenters. The summed E-state index contributed by atoms with van der Waals surface area (Å²) in [6, 6.07) is 13.6. The molecule has 2 aromatic carbocycles. The minimum atomic E-state index is -3.79. The molecule has 33 heavy (non-hydrogen) atoms. The van der Waals surface area contributed by atoms with Crippen LogP contribution in [0.5, 0.6) is 0 Å². The topological polar surface area (TPSA) is 103 Å². The molecule has 0 bridgehead atoms. The van der Waals surface area contributed by atoms with Crippen LogP contribution >= 0.6 is 22.9 Å². The Morgan fingerprint density at radius 3 is 2.24 bits per heavy atom. The largest absolute Gasteiger partial charge is 0.372 e. The Labute approximate surface area is 202 Å². The standard InChI is InChI=1S/C23H24ClN3O4S2/c1-14-12-27(13-15(2)31-14)21(28)11-20-26-22(16-3-7-18(24)8-4-16)23(32-20)17-5-9-19(10-6-17)33(25,29)30/h3-10,14-15H,11-13H2,1-2H3,(H2,25,29,30). The first-order valence-corrected chi connectivity index (χ1v) is 13.2. The number of benzene rings is 2. The summed E-state index contributed by atoms with van der Waals surface area (Å²) in [6.07, 6.45) is 0.165. The van der Waals surface area contributed by atoms with Gasteiger partial charge in [-0.1, -0.05) is 35.9 Å². The number of primary sulfonamides is 1. The summed E-state index contributed by atoms with van der Waals surface area (Å²) in [4.78, 5) is 20.5. The number of rotatable bonds is 5. The first-order chi connectivity index (χ1) is 15.6. The molecule has 10 heteroatoms. The van der Waals surface area contributed by atoms with Gasteiger partial charge in [0.1, 0.15) is 5.01 Å². The third-order valence-electron chi connectivity index (χ3n) is 5.31. The molecule has 174 valence electrons. The van der Waals surface area contributed by atoms with Gasteiger partial charge in [-0.2, -0.15) is 0 Å². The molecule has 1 amide bonds. The van der Waals surface area contributed by atoms with Gasteiger partial charge in [-0.05, 0) is 43.7 Å². The Hall–Kier alpha value is -2.30. The van der Waals surface area contributed by atoms with Crippen molar-refractivity contribution in [1.82, 2.24) is 9.88 Å². The van der Waals surface area contributed by atoms with Crippen molar-refractivity contribution in [2.24, 2.45) is 5.14 Å². The van der Waals surface area contributed by atoms with Crippen LogP contribution in [0.1, 0.15) is 18.9 Å². The third kappa shape index (κ3) is 5.62. The van der Waals surface area contributed by atoms with Crippen LogP contribution in [0.25, 0.3) is 21.7 Å². The van der Waals surface area contributed by atoms with Gasteiger partial charge in [0.2, 0.25) is 15.9 Å². The van der Waals surface area contributed by atoms with E-state index in [-0.39, 0.29) is 29.4 Å². The fourth-order valence-corrected chi connectivity index (χ4v) is 5.58. The number of nitrogens with two attached hydrogens (primary N) is 1. The van der Waals surface area contributed by atoms with Crippen molar-refractivity contribution >= 4 is 38.9 Å². The number of hydrogen-bond acceptors (Lipinski definition) is 6. The normalized spacial score (nSPS) is 19.0. The number of halogens is 1. The number of ether oxygens (including phenoxy) is 1. The lowest BCUT2D eigenvalue weighted by Gasteiger charge is -2.35. The summed E-state index contributed by atoms with van der Waals surface area (Å²) >= 11 is 7.47. The molecule has 2 heterocycles. The van der Waals surface area contributed by atoms with E-state index in [1.54, 1.807) is 24.3 Å². The van der Waals surface area contributed by atoms with Crippen molar-refractivity contribution in [3.63, 3.8) is 0 Å². The van der Waals surface area contributed by atoms with Gasteiger partial charge in [0.15, 0.2) is 0 Å². The predicted octanol–water partition coefficient (Wildman–Crippen LogP) is 3.96. The van der Waals surface area contributed by atoms with Gasteiger partial charge >= 0.3 is 0 Å². The smallest absolute Gasteiger partial charge is 0.238 e. The lowest BCUT2D eigenvalue weighted by Crippen LogP contribution is -2.48. The molecule has 0 saturated carbocycles. The monoisotopic (exact) mass is 505 g/mol. The van der Waals surface area contributed by atoms with E-state index >= 15 is 0 Å². The number of aromatic nitrogens is 1. The van der Waals surface area contributed by atoms with E-state index in [1.165, 1.54) is 23.5 Å². The molecule has 1 aromatic heterocycles. The highest BCUT2D eigenvalue weighted by molar-refractivity contribution is 7.89. The zero-order chi connectivity index (χ0) is 23.8. The maximum Gasteiger partial charge on any atom is 0.238 e. The Kier molecular flexibility index (Phi) is 6.88. The molecule has 0 aliphatic carbocycles. The average molecular weight is 506 g/mol.